The highest BCUT2D eigenvalue weighted by atomic mass is 35.5. The van der Waals surface area contributed by atoms with Crippen LogP contribution in [-0.4, -0.2) is 25.7 Å². The number of rotatable bonds is 3. The molecule has 0 spiro atoms. The Labute approximate surface area is 125 Å². The van der Waals surface area contributed by atoms with Gasteiger partial charge in [0.05, 0.1) is 18.1 Å². The first-order valence-electron chi connectivity index (χ1n) is 6.11. The summed E-state index contributed by atoms with van der Waals surface area (Å²) in [5.74, 6) is -0.364. The van der Waals surface area contributed by atoms with Crippen LogP contribution >= 0.6 is 11.6 Å². The van der Waals surface area contributed by atoms with Gasteiger partial charge in [-0.25, -0.2) is 9.67 Å². The zero-order valence-electron chi connectivity index (χ0n) is 10.8. The van der Waals surface area contributed by atoms with Crippen LogP contribution in [0.3, 0.4) is 0 Å². The van der Waals surface area contributed by atoms with E-state index in [1.165, 1.54) is 12.4 Å². The van der Waals surface area contributed by atoms with Crippen LogP contribution in [0.25, 0.3) is 5.69 Å². The molecule has 6 nitrogen and oxygen atoms in total. The van der Waals surface area contributed by atoms with Gasteiger partial charge in [0.1, 0.15) is 10.8 Å². The standard InChI is InChI=1S/C14H10ClN5O/c15-13-9-16-8-12(19-13)14(21)18-10-2-4-11(5-3-10)20-7-1-6-17-20/h1-9H,(H,18,21). The van der Waals surface area contributed by atoms with Crippen molar-refractivity contribution < 1.29 is 4.79 Å². The van der Waals surface area contributed by atoms with E-state index in [1.54, 1.807) is 23.0 Å². The monoisotopic (exact) mass is 299 g/mol. The molecule has 0 aliphatic rings. The molecule has 7 heteroatoms. The van der Waals surface area contributed by atoms with Crippen molar-refractivity contribution in [2.45, 2.75) is 0 Å². The van der Waals surface area contributed by atoms with Gasteiger partial charge >= 0.3 is 0 Å². The zero-order chi connectivity index (χ0) is 14.7. The molecule has 3 rings (SSSR count). The fourth-order valence-corrected chi connectivity index (χ4v) is 1.91. The molecular weight excluding hydrogens is 290 g/mol. The molecule has 2 heterocycles. The second kappa shape index (κ2) is 5.72. The van der Waals surface area contributed by atoms with Crippen LogP contribution in [0.4, 0.5) is 5.69 Å². The van der Waals surface area contributed by atoms with Gasteiger partial charge in [-0.15, -0.1) is 0 Å². The highest BCUT2D eigenvalue weighted by Gasteiger charge is 2.08. The Morgan fingerprint density at radius 1 is 1.19 bits per heavy atom. The van der Waals surface area contributed by atoms with E-state index in [0.717, 1.165) is 5.69 Å². The third-order valence-electron chi connectivity index (χ3n) is 2.73. The number of hydrogen-bond donors (Lipinski definition) is 1. The first-order valence-corrected chi connectivity index (χ1v) is 6.49. The van der Waals surface area contributed by atoms with Gasteiger partial charge in [0, 0.05) is 18.1 Å². The van der Waals surface area contributed by atoms with Gasteiger partial charge in [0.2, 0.25) is 0 Å². The van der Waals surface area contributed by atoms with Crippen LogP contribution in [0.5, 0.6) is 0 Å². The van der Waals surface area contributed by atoms with Crippen molar-refractivity contribution in [1.29, 1.82) is 0 Å². The van der Waals surface area contributed by atoms with Crippen LogP contribution in [0.2, 0.25) is 5.15 Å². The summed E-state index contributed by atoms with van der Waals surface area (Å²) in [4.78, 5) is 19.7. The lowest BCUT2D eigenvalue weighted by Gasteiger charge is -2.06. The topological polar surface area (TPSA) is 72.7 Å². The van der Waals surface area contributed by atoms with E-state index in [2.05, 4.69) is 20.4 Å². The molecule has 1 amide bonds. The van der Waals surface area contributed by atoms with Gasteiger partial charge in [0.15, 0.2) is 0 Å². The number of benzene rings is 1. The maximum atomic E-state index is 12.0. The minimum atomic E-state index is -0.364. The molecule has 0 saturated carbocycles. The lowest BCUT2D eigenvalue weighted by molar-refractivity contribution is 0.102. The average Bonchev–Trinajstić information content (AvgIpc) is 3.02. The molecular formula is C14H10ClN5O. The molecule has 1 N–H and O–H groups in total. The summed E-state index contributed by atoms with van der Waals surface area (Å²) < 4.78 is 1.73. The Morgan fingerprint density at radius 3 is 2.67 bits per heavy atom. The quantitative estimate of drug-likeness (QED) is 0.806. The number of carbonyl (C=O) groups excluding carboxylic acids is 1. The Hall–Kier alpha value is -2.73. The zero-order valence-corrected chi connectivity index (χ0v) is 11.5. The Morgan fingerprint density at radius 2 is 2.00 bits per heavy atom. The fraction of sp³-hybridized carbons (Fsp3) is 0. The van der Waals surface area contributed by atoms with E-state index in [9.17, 15) is 4.79 Å². The summed E-state index contributed by atoms with van der Waals surface area (Å²) >= 11 is 5.71. The van der Waals surface area contributed by atoms with E-state index in [-0.39, 0.29) is 16.8 Å². The van der Waals surface area contributed by atoms with Gasteiger partial charge in [0.25, 0.3) is 5.91 Å². The predicted octanol–water partition coefficient (Wildman–Crippen LogP) is 2.57. The van der Waals surface area contributed by atoms with Crippen molar-refractivity contribution in [1.82, 2.24) is 19.7 Å². The molecule has 3 aromatic rings. The molecule has 0 fully saturated rings. The SMILES string of the molecule is O=C(Nc1ccc(-n2cccn2)cc1)c1cncc(Cl)n1. The van der Waals surface area contributed by atoms with Crippen LogP contribution in [0, 0.1) is 0 Å². The van der Waals surface area contributed by atoms with E-state index < -0.39 is 0 Å². The number of aromatic nitrogens is 4. The summed E-state index contributed by atoms with van der Waals surface area (Å²) in [5, 5.41) is 7.04. The van der Waals surface area contributed by atoms with E-state index in [0.29, 0.717) is 5.69 Å². The predicted molar refractivity (Wildman–Crippen MR) is 78.6 cm³/mol. The van der Waals surface area contributed by atoms with Gasteiger partial charge in [-0.1, -0.05) is 11.6 Å². The summed E-state index contributed by atoms with van der Waals surface area (Å²) in [5.41, 5.74) is 1.72. The summed E-state index contributed by atoms with van der Waals surface area (Å²) in [7, 11) is 0. The minimum Gasteiger partial charge on any atom is -0.321 e. The molecule has 0 saturated heterocycles. The summed E-state index contributed by atoms with van der Waals surface area (Å²) in [6.45, 7) is 0. The molecule has 0 aliphatic heterocycles. The van der Waals surface area contributed by atoms with Crippen LogP contribution in [0.1, 0.15) is 10.5 Å². The number of hydrogen-bond acceptors (Lipinski definition) is 4. The highest BCUT2D eigenvalue weighted by molar-refractivity contribution is 6.29. The van der Waals surface area contributed by atoms with Gasteiger partial charge < -0.3 is 5.32 Å². The van der Waals surface area contributed by atoms with Crippen molar-refractivity contribution in [2.24, 2.45) is 0 Å². The van der Waals surface area contributed by atoms with Gasteiger partial charge in [-0.3, -0.25) is 9.78 Å². The van der Waals surface area contributed by atoms with Crippen molar-refractivity contribution >= 4 is 23.2 Å². The van der Waals surface area contributed by atoms with E-state index >= 15 is 0 Å². The third kappa shape index (κ3) is 3.06. The molecule has 104 valence electrons. The van der Waals surface area contributed by atoms with Crippen molar-refractivity contribution in [3.63, 3.8) is 0 Å². The van der Waals surface area contributed by atoms with E-state index in [4.69, 9.17) is 11.6 Å². The number of halogens is 1. The molecule has 2 aromatic heterocycles. The molecule has 1 aromatic carbocycles. The molecule has 21 heavy (non-hydrogen) atoms. The van der Waals surface area contributed by atoms with Crippen LogP contribution in [0.15, 0.2) is 55.1 Å². The Balaban J connectivity index is 1.75. The van der Waals surface area contributed by atoms with E-state index in [1.807, 2.05) is 24.4 Å². The number of carbonyl (C=O) groups is 1. The maximum absolute atomic E-state index is 12.0. The Bertz CT molecular complexity index is 755. The number of nitrogens with zero attached hydrogens (tertiary/aromatic N) is 4. The fourth-order valence-electron chi connectivity index (χ4n) is 1.77. The smallest absolute Gasteiger partial charge is 0.275 e. The summed E-state index contributed by atoms with van der Waals surface area (Å²) in [6.07, 6.45) is 6.28. The number of amides is 1. The maximum Gasteiger partial charge on any atom is 0.275 e. The van der Waals surface area contributed by atoms with Gasteiger partial charge in [-0.05, 0) is 30.3 Å². The first-order chi connectivity index (χ1) is 10.2. The molecule has 0 radical (unpaired) electrons. The number of nitrogens with one attached hydrogen (secondary N) is 1. The lowest BCUT2D eigenvalue weighted by atomic mass is 10.2. The van der Waals surface area contributed by atoms with Gasteiger partial charge in [-0.2, -0.15) is 5.10 Å². The Kier molecular flexibility index (Phi) is 3.61. The highest BCUT2D eigenvalue weighted by Crippen LogP contribution is 2.13. The second-order valence-electron chi connectivity index (χ2n) is 4.18. The van der Waals surface area contributed by atoms with Crippen molar-refractivity contribution in [3.8, 4) is 5.69 Å². The first kappa shape index (κ1) is 13.3. The molecule has 0 bridgehead atoms. The third-order valence-corrected chi connectivity index (χ3v) is 2.91. The normalized spacial score (nSPS) is 10.3. The number of anilines is 1. The molecule has 0 unspecified atom stereocenters. The van der Waals surface area contributed by atoms with Crippen LogP contribution in [-0.2, 0) is 0 Å². The van der Waals surface area contributed by atoms with Crippen LogP contribution < -0.4 is 5.32 Å². The van der Waals surface area contributed by atoms with Crippen molar-refractivity contribution in [2.75, 3.05) is 5.32 Å². The van der Waals surface area contributed by atoms with Crippen molar-refractivity contribution in [3.05, 3.63) is 66.0 Å². The summed E-state index contributed by atoms with van der Waals surface area (Å²) in [6, 6.07) is 9.12. The largest absolute Gasteiger partial charge is 0.321 e. The second-order valence-corrected chi connectivity index (χ2v) is 4.57. The minimum absolute atomic E-state index is 0.165. The average molecular weight is 300 g/mol. The lowest BCUT2D eigenvalue weighted by Crippen LogP contribution is -2.14. The molecule has 0 aliphatic carbocycles. The molecule has 0 atom stereocenters.